The number of aryl methyl sites for hydroxylation is 2. The summed E-state index contributed by atoms with van der Waals surface area (Å²) in [4.78, 5) is 0.821. The van der Waals surface area contributed by atoms with Gasteiger partial charge in [-0.1, -0.05) is 23.5 Å². The normalized spacial score (nSPS) is 13.0. The molecule has 0 saturated heterocycles. The fraction of sp³-hybridized carbons (Fsp3) is 0.278. The number of rotatable bonds is 7. The van der Waals surface area contributed by atoms with Gasteiger partial charge in [-0.15, -0.1) is 5.10 Å². The molecule has 0 unspecified atom stereocenters. The van der Waals surface area contributed by atoms with E-state index in [0.29, 0.717) is 19.4 Å². The van der Waals surface area contributed by atoms with Crippen LogP contribution in [0.1, 0.15) is 18.4 Å². The Hall–Kier alpha value is -2.36. The molecule has 9 heteroatoms. The van der Waals surface area contributed by atoms with Crippen molar-refractivity contribution in [1.29, 1.82) is 0 Å². The van der Waals surface area contributed by atoms with Crippen molar-refractivity contribution in [1.82, 2.24) is 4.57 Å². The molecule has 0 fully saturated rings. The molecule has 0 aliphatic carbocycles. The summed E-state index contributed by atoms with van der Waals surface area (Å²) in [5.74, 6) is -0.209. The van der Waals surface area contributed by atoms with Crippen LogP contribution in [0, 0.1) is 0 Å². The van der Waals surface area contributed by atoms with Gasteiger partial charge in [-0.25, -0.2) is 4.57 Å². The molecule has 0 spiro atoms. The molecule has 142 valence electrons. The largest absolute Gasteiger partial charge is 0.318 e. The second kappa shape index (κ2) is 8.55. The molecule has 2 aromatic heterocycles. The molecule has 0 amide bonds. The highest BCUT2D eigenvalue weighted by Gasteiger charge is 2.06. The van der Waals surface area contributed by atoms with Crippen LogP contribution in [0.15, 0.2) is 59.0 Å². The summed E-state index contributed by atoms with van der Waals surface area (Å²) < 4.78 is 35.4. The van der Waals surface area contributed by atoms with Crippen molar-refractivity contribution in [3.8, 4) is 0 Å². The van der Waals surface area contributed by atoms with E-state index in [9.17, 15) is 8.42 Å². The smallest absolute Gasteiger partial charge is 0.264 e. The SMILES string of the molecule is Cn1c(=NN=Cc2ccc[n+](CCCCS(=O)(=O)O)c2)sc2ccccc21. The molecule has 0 bridgehead atoms. The number of pyridine rings is 1. The zero-order chi connectivity index (χ0) is 19.3. The Balaban J connectivity index is 1.67. The monoisotopic (exact) mass is 405 g/mol. The molecule has 0 aliphatic heterocycles. The van der Waals surface area contributed by atoms with Gasteiger partial charge >= 0.3 is 0 Å². The van der Waals surface area contributed by atoms with Gasteiger partial charge in [0.1, 0.15) is 6.54 Å². The number of aromatic nitrogens is 2. The summed E-state index contributed by atoms with van der Waals surface area (Å²) in [6.45, 7) is 0.666. The van der Waals surface area contributed by atoms with Crippen molar-refractivity contribution in [2.45, 2.75) is 19.4 Å². The molecule has 27 heavy (non-hydrogen) atoms. The number of para-hydroxylation sites is 1. The van der Waals surface area contributed by atoms with Crippen LogP contribution < -0.4 is 9.37 Å². The number of benzene rings is 1. The van der Waals surface area contributed by atoms with Gasteiger partial charge < -0.3 is 4.57 Å². The molecular weight excluding hydrogens is 384 g/mol. The van der Waals surface area contributed by atoms with Gasteiger partial charge in [-0.05, 0) is 24.6 Å². The molecular formula is C18H21N4O3S2+. The van der Waals surface area contributed by atoms with Crippen molar-refractivity contribution in [2.24, 2.45) is 17.3 Å². The highest BCUT2D eigenvalue weighted by atomic mass is 32.2. The second-order valence-corrected chi connectivity index (χ2v) is 8.71. The van der Waals surface area contributed by atoms with Crippen LogP contribution in [0.4, 0.5) is 0 Å². The Bertz CT molecular complexity index is 1130. The van der Waals surface area contributed by atoms with Gasteiger partial charge in [-0.2, -0.15) is 13.5 Å². The van der Waals surface area contributed by atoms with Gasteiger partial charge in [0, 0.05) is 19.5 Å². The number of thiazole rings is 1. The fourth-order valence-electron chi connectivity index (χ4n) is 2.66. The summed E-state index contributed by atoms with van der Waals surface area (Å²) in [6, 6.07) is 12.0. The van der Waals surface area contributed by atoms with Gasteiger partial charge in [-0.3, -0.25) is 4.55 Å². The highest BCUT2D eigenvalue weighted by molar-refractivity contribution is 7.85. The predicted octanol–water partition coefficient (Wildman–Crippen LogP) is 2.13. The number of hydrogen-bond acceptors (Lipinski definition) is 5. The van der Waals surface area contributed by atoms with E-state index < -0.39 is 10.1 Å². The maximum Gasteiger partial charge on any atom is 0.264 e. The van der Waals surface area contributed by atoms with Gasteiger partial charge in [0.25, 0.3) is 10.1 Å². The standard InChI is InChI=1S/C18H20N4O3S2/c1-21-16-8-2-3-9-17(16)26-18(21)20-19-13-15-7-6-11-22(14-15)10-4-5-12-27(23,24)25/h2-3,6-9,11,13-14H,4-5,10,12H2,1H3/p+1. The lowest BCUT2D eigenvalue weighted by Gasteiger charge is -1.98. The highest BCUT2D eigenvalue weighted by Crippen LogP contribution is 2.15. The summed E-state index contributed by atoms with van der Waals surface area (Å²) in [7, 11) is -1.91. The Morgan fingerprint density at radius 3 is 2.81 bits per heavy atom. The summed E-state index contributed by atoms with van der Waals surface area (Å²) >= 11 is 1.59. The van der Waals surface area contributed by atoms with E-state index >= 15 is 0 Å². The second-order valence-electron chi connectivity index (χ2n) is 6.12. The Labute approximate surface area is 161 Å². The third-order valence-corrected chi connectivity index (χ3v) is 5.92. The van der Waals surface area contributed by atoms with E-state index in [-0.39, 0.29) is 5.75 Å². The van der Waals surface area contributed by atoms with Crippen molar-refractivity contribution < 1.29 is 17.5 Å². The number of unbranched alkanes of at least 4 members (excludes halogenated alkanes) is 1. The number of fused-ring (bicyclic) bond motifs is 1. The molecule has 0 radical (unpaired) electrons. The summed E-state index contributed by atoms with van der Waals surface area (Å²) in [5.41, 5.74) is 2.03. The van der Waals surface area contributed by atoms with E-state index in [4.69, 9.17) is 4.55 Å². The van der Waals surface area contributed by atoms with E-state index in [1.54, 1.807) is 17.6 Å². The van der Waals surface area contributed by atoms with Gasteiger partial charge in [0.05, 0.1) is 27.7 Å². The van der Waals surface area contributed by atoms with E-state index in [1.807, 2.05) is 52.8 Å². The topological polar surface area (TPSA) is 87.9 Å². The lowest BCUT2D eigenvalue weighted by molar-refractivity contribution is -0.697. The predicted molar refractivity (Wildman–Crippen MR) is 106 cm³/mol. The first-order valence-corrected chi connectivity index (χ1v) is 10.9. The van der Waals surface area contributed by atoms with Crippen LogP contribution in [-0.2, 0) is 23.7 Å². The zero-order valence-corrected chi connectivity index (χ0v) is 16.5. The quantitative estimate of drug-likeness (QED) is 0.215. The minimum atomic E-state index is -3.88. The summed E-state index contributed by atoms with van der Waals surface area (Å²) in [6.07, 6.45) is 6.61. The molecule has 1 N–H and O–H groups in total. The first-order valence-electron chi connectivity index (χ1n) is 8.48. The Kier molecular flexibility index (Phi) is 6.15. The maximum atomic E-state index is 10.7. The first-order chi connectivity index (χ1) is 12.9. The molecule has 2 heterocycles. The van der Waals surface area contributed by atoms with Crippen molar-refractivity contribution in [3.63, 3.8) is 0 Å². The number of nitrogens with zero attached hydrogens (tertiary/aromatic N) is 4. The van der Waals surface area contributed by atoms with E-state index in [1.165, 1.54) is 0 Å². The van der Waals surface area contributed by atoms with Crippen molar-refractivity contribution >= 4 is 37.9 Å². The molecule has 1 aromatic carbocycles. The third kappa shape index (κ3) is 5.56. The van der Waals surface area contributed by atoms with Crippen LogP contribution in [-0.4, -0.2) is 29.5 Å². The Morgan fingerprint density at radius 1 is 1.22 bits per heavy atom. The third-order valence-electron chi connectivity index (χ3n) is 4.01. The fourth-order valence-corrected chi connectivity index (χ4v) is 4.20. The van der Waals surface area contributed by atoms with Crippen LogP contribution >= 0.6 is 11.3 Å². The van der Waals surface area contributed by atoms with Gasteiger partial charge in [0.15, 0.2) is 12.4 Å². The summed E-state index contributed by atoms with van der Waals surface area (Å²) in [5, 5.41) is 8.52. The van der Waals surface area contributed by atoms with Gasteiger partial charge in [0.2, 0.25) is 4.80 Å². The van der Waals surface area contributed by atoms with Crippen LogP contribution in [0.25, 0.3) is 10.2 Å². The van der Waals surface area contributed by atoms with E-state index in [0.717, 1.165) is 20.6 Å². The first kappa shape index (κ1) is 19.4. The average Bonchev–Trinajstić information content (AvgIpc) is 2.95. The van der Waals surface area contributed by atoms with E-state index in [2.05, 4.69) is 22.3 Å². The molecule has 3 rings (SSSR count). The average molecular weight is 406 g/mol. The van der Waals surface area contributed by atoms with Crippen LogP contribution in [0.3, 0.4) is 0 Å². The molecule has 3 aromatic rings. The minimum Gasteiger partial charge on any atom is -0.318 e. The molecule has 0 atom stereocenters. The Morgan fingerprint density at radius 2 is 2.04 bits per heavy atom. The molecule has 0 aliphatic rings. The minimum absolute atomic E-state index is 0.209. The molecule has 7 nitrogen and oxygen atoms in total. The zero-order valence-electron chi connectivity index (χ0n) is 14.9. The maximum absolute atomic E-state index is 10.7. The lowest BCUT2D eigenvalue weighted by Crippen LogP contribution is -2.33. The lowest BCUT2D eigenvalue weighted by atomic mass is 10.3. The van der Waals surface area contributed by atoms with Crippen LogP contribution in [0.5, 0.6) is 0 Å². The number of hydrogen-bond donors (Lipinski definition) is 1. The van der Waals surface area contributed by atoms with Crippen molar-refractivity contribution in [2.75, 3.05) is 5.75 Å². The van der Waals surface area contributed by atoms with Crippen molar-refractivity contribution in [3.05, 3.63) is 59.2 Å². The molecule has 0 saturated carbocycles. The van der Waals surface area contributed by atoms with Crippen LogP contribution in [0.2, 0.25) is 0 Å².